The van der Waals surface area contributed by atoms with Crippen LogP contribution in [0.3, 0.4) is 0 Å². The summed E-state index contributed by atoms with van der Waals surface area (Å²) in [6.07, 6.45) is -3.81. The molecule has 0 bridgehead atoms. The molecule has 9 nitrogen and oxygen atoms in total. The molecular formula is C17H29NO8. The fraction of sp³-hybridized carbons (Fsp3) is 0.765. The van der Waals surface area contributed by atoms with Gasteiger partial charge in [0.2, 0.25) is 5.91 Å². The summed E-state index contributed by atoms with van der Waals surface area (Å²) >= 11 is 0. The molecule has 0 spiro atoms. The molecule has 0 saturated carbocycles. The monoisotopic (exact) mass is 375 g/mol. The van der Waals surface area contributed by atoms with Crippen LogP contribution in [0.5, 0.6) is 0 Å². The lowest BCUT2D eigenvalue weighted by atomic mass is 9.97. The van der Waals surface area contributed by atoms with Gasteiger partial charge in [-0.2, -0.15) is 0 Å². The molecule has 0 aliphatic carbocycles. The molecule has 5 unspecified atom stereocenters. The number of rotatable bonds is 11. The highest BCUT2D eigenvalue weighted by Crippen LogP contribution is 2.22. The van der Waals surface area contributed by atoms with Crippen LogP contribution in [0.2, 0.25) is 0 Å². The lowest BCUT2D eigenvalue weighted by Gasteiger charge is -2.42. The number of allylic oxidation sites excluding steroid dienone is 1. The Bertz CT molecular complexity index is 483. The molecule has 150 valence electrons. The molecule has 0 aromatic carbocycles. The first-order valence-electron chi connectivity index (χ1n) is 8.55. The highest BCUT2D eigenvalue weighted by molar-refractivity contribution is 5.93. The van der Waals surface area contributed by atoms with Crippen molar-refractivity contribution in [3.05, 3.63) is 12.2 Å². The van der Waals surface area contributed by atoms with E-state index in [0.717, 1.165) is 0 Å². The molecule has 0 radical (unpaired) electrons. The van der Waals surface area contributed by atoms with Gasteiger partial charge in [0.25, 0.3) is 0 Å². The fourth-order valence-electron chi connectivity index (χ4n) is 2.49. The number of Topliss-reactive ketones (excluding diaryl/α,β-unsaturated/α-hetero) is 1. The highest BCUT2D eigenvalue weighted by atomic mass is 16.7. The summed E-state index contributed by atoms with van der Waals surface area (Å²) in [5.41, 5.74) is 0.519. The zero-order chi connectivity index (χ0) is 19.7. The minimum Gasteiger partial charge on any atom is -0.394 e. The number of ketones is 1. The molecule has 5 atom stereocenters. The van der Waals surface area contributed by atoms with Crippen molar-refractivity contribution in [1.82, 2.24) is 5.32 Å². The number of hydrogen-bond acceptors (Lipinski definition) is 8. The van der Waals surface area contributed by atoms with Gasteiger partial charge < -0.3 is 34.8 Å². The summed E-state index contributed by atoms with van der Waals surface area (Å²) < 4.78 is 16.3. The van der Waals surface area contributed by atoms with E-state index in [9.17, 15) is 24.9 Å². The van der Waals surface area contributed by atoms with Crippen LogP contribution >= 0.6 is 0 Å². The van der Waals surface area contributed by atoms with Crippen LogP contribution in [-0.4, -0.2) is 84.1 Å². The topological polar surface area (TPSA) is 135 Å². The Morgan fingerprint density at radius 1 is 1.15 bits per heavy atom. The molecular weight excluding hydrogens is 346 g/mol. The predicted octanol–water partition coefficient (Wildman–Crippen LogP) is -1.11. The number of aliphatic hydroxyl groups excluding tert-OH is 3. The number of hydrogen-bond donors (Lipinski definition) is 4. The zero-order valence-corrected chi connectivity index (χ0v) is 15.2. The largest absolute Gasteiger partial charge is 0.394 e. The third-order valence-electron chi connectivity index (χ3n) is 3.93. The average Bonchev–Trinajstić information content (AvgIpc) is 2.59. The van der Waals surface area contributed by atoms with E-state index in [1.807, 2.05) is 0 Å². The third-order valence-corrected chi connectivity index (χ3v) is 3.93. The van der Waals surface area contributed by atoms with E-state index >= 15 is 0 Å². The standard InChI is InChI=1S/C17H29NO8/c1-10(2)12(21)5-4-6-24-7-8-25-17-14(18-11(3)20)16(23)15(22)13(9-19)26-17/h13-17,19,22-23H,1,4-9H2,2-3H3,(H,18,20). The summed E-state index contributed by atoms with van der Waals surface area (Å²) in [5, 5.41) is 31.7. The van der Waals surface area contributed by atoms with Crippen LogP contribution < -0.4 is 5.32 Å². The molecule has 0 aromatic heterocycles. The first kappa shape index (κ1) is 22.7. The van der Waals surface area contributed by atoms with E-state index in [4.69, 9.17) is 14.2 Å². The van der Waals surface area contributed by atoms with Crippen molar-refractivity contribution >= 4 is 11.7 Å². The van der Waals surface area contributed by atoms with Gasteiger partial charge in [0.15, 0.2) is 12.1 Å². The summed E-state index contributed by atoms with van der Waals surface area (Å²) in [5.74, 6) is -0.416. The number of carbonyl (C=O) groups is 2. The van der Waals surface area contributed by atoms with Crippen molar-refractivity contribution in [3.8, 4) is 0 Å². The van der Waals surface area contributed by atoms with Gasteiger partial charge in [0, 0.05) is 20.0 Å². The number of amides is 1. The van der Waals surface area contributed by atoms with Crippen LogP contribution in [0.1, 0.15) is 26.7 Å². The number of carbonyl (C=O) groups excluding carboxylic acids is 2. The normalized spacial score (nSPS) is 28.6. The number of ether oxygens (including phenoxy) is 3. The highest BCUT2D eigenvalue weighted by Gasteiger charge is 2.45. The molecule has 1 heterocycles. The molecule has 1 amide bonds. The van der Waals surface area contributed by atoms with Crippen molar-refractivity contribution in [2.24, 2.45) is 0 Å². The van der Waals surface area contributed by atoms with Crippen molar-refractivity contribution in [2.75, 3.05) is 26.4 Å². The minimum absolute atomic E-state index is 0.00111. The van der Waals surface area contributed by atoms with Crippen LogP contribution in [0.4, 0.5) is 0 Å². The summed E-state index contributed by atoms with van der Waals surface area (Å²) in [6.45, 7) is 6.71. The number of aliphatic hydroxyl groups is 3. The molecule has 26 heavy (non-hydrogen) atoms. The van der Waals surface area contributed by atoms with Gasteiger partial charge >= 0.3 is 0 Å². The van der Waals surface area contributed by atoms with E-state index in [1.54, 1.807) is 6.92 Å². The third kappa shape index (κ3) is 7.10. The molecule has 9 heteroatoms. The van der Waals surface area contributed by atoms with E-state index in [2.05, 4.69) is 11.9 Å². The van der Waals surface area contributed by atoms with E-state index in [1.165, 1.54) is 6.92 Å². The fourth-order valence-corrected chi connectivity index (χ4v) is 2.49. The minimum atomic E-state index is -1.35. The van der Waals surface area contributed by atoms with Crippen molar-refractivity contribution < 1.29 is 39.1 Å². The maximum absolute atomic E-state index is 11.4. The second kappa shape index (κ2) is 11.4. The Kier molecular flexibility index (Phi) is 9.92. The molecule has 1 rings (SSSR count). The smallest absolute Gasteiger partial charge is 0.217 e. The van der Waals surface area contributed by atoms with Crippen molar-refractivity contribution in [3.63, 3.8) is 0 Å². The molecule has 1 aliphatic heterocycles. The lowest BCUT2D eigenvalue weighted by molar-refractivity contribution is -0.272. The second-order valence-electron chi connectivity index (χ2n) is 6.22. The first-order chi connectivity index (χ1) is 12.3. The Hall–Kier alpha value is -1.36. The molecule has 1 saturated heterocycles. The van der Waals surface area contributed by atoms with Gasteiger partial charge in [-0.25, -0.2) is 0 Å². The number of nitrogens with one attached hydrogen (secondary N) is 1. The van der Waals surface area contributed by atoms with Crippen LogP contribution in [0.25, 0.3) is 0 Å². The van der Waals surface area contributed by atoms with E-state index in [-0.39, 0.29) is 19.0 Å². The predicted molar refractivity (Wildman–Crippen MR) is 91.2 cm³/mol. The van der Waals surface area contributed by atoms with Crippen molar-refractivity contribution in [2.45, 2.75) is 57.3 Å². The zero-order valence-electron chi connectivity index (χ0n) is 15.2. The second-order valence-corrected chi connectivity index (χ2v) is 6.22. The van der Waals surface area contributed by atoms with E-state index < -0.39 is 43.2 Å². The molecule has 4 N–H and O–H groups in total. The Morgan fingerprint density at radius 3 is 2.42 bits per heavy atom. The van der Waals surface area contributed by atoms with Crippen molar-refractivity contribution in [1.29, 1.82) is 0 Å². The van der Waals surface area contributed by atoms with Gasteiger partial charge in [-0.3, -0.25) is 9.59 Å². The maximum Gasteiger partial charge on any atom is 0.217 e. The molecule has 1 aliphatic rings. The van der Waals surface area contributed by atoms with Gasteiger partial charge in [-0.15, -0.1) is 0 Å². The quantitative estimate of drug-likeness (QED) is 0.264. The van der Waals surface area contributed by atoms with Crippen LogP contribution in [0.15, 0.2) is 12.2 Å². The summed E-state index contributed by atoms with van der Waals surface area (Å²) in [6, 6.07) is -0.974. The van der Waals surface area contributed by atoms with Gasteiger partial charge in [-0.05, 0) is 18.9 Å². The molecule has 0 aromatic rings. The van der Waals surface area contributed by atoms with E-state index in [0.29, 0.717) is 25.0 Å². The lowest BCUT2D eigenvalue weighted by Crippen LogP contribution is -2.64. The Labute approximate surface area is 152 Å². The van der Waals surface area contributed by atoms with Crippen LogP contribution in [-0.2, 0) is 23.8 Å². The maximum atomic E-state index is 11.4. The SMILES string of the molecule is C=C(C)C(=O)CCCOCCOC1OC(CO)C(O)C(O)C1NC(C)=O. The van der Waals surface area contributed by atoms with Gasteiger partial charge in [-0.1, -0.05) is 6.58 Å². The van der Waals surface area contributed by atoms with Gasteiger partial charge in [0.05, 0.1) is 19.8 Å². The van der Waals surface area contributed by atoms with Crippen LogP contribution in [0, 0.1) is 0 Å². The molecule has 1 fully saturated rings. The summed E-state index contributed by atoms with van der Waals surface area (Å²) in [7, 11) is 0. The summed E-state index contributed by atoms with van der Waals surface area (Å²) in [4.78, 5) is 22.7. The Morgan fingerprint density at radius 2 is 1.85 bits per heavy atom. The first-order valence-corrected chi connectivity index (χ1v) is 8.55. The average molecular weight is 375 g/mol. The van der Waals surface area contributed by atoms with Gasteiger partial charge in [0.1, 0.15) is 24.4 Å². The Balaban J connectivity index is 2.38.